The van der Waals surface area contributed by atoms with E-state index < -0.39 is 23.8 Å². The van der Waals surface area contributed by atoms with Crippen molar-refractivity contribution in [3.63, 3.8) is 0 Å². The van der Waals surface area contributed by atoms with Crippen molar-refractivity contribution in [1.29, 1.82) is 0 Å². The van der Waals surface area contributed by atoms with Crippen LogP contribution in [-0.2, 0) is 28.0 Å². The summed E-state index contributed by atoms with van der Waals surface area (Å²) < 4.78 is 61.5. The van der Waals surface area contributed by atoms with E-state index in [0.717, 1.165) is 65.0 Å². The van der Waals surface area contributed by atoms with Crippen LogP contribution in [-0.4, -0.2) is 69.0 Å². The summed E-state index contributed by atoms with van der Waals surface area (Å²) >= 11 is 3.16. The topological polar surface area (TPSA) is 73.4 Å². The van der Waals surface area contributed by atoms with Crippen LogP contribution in [0.3, 0.4) is 0 Å². The first kappa shape index (κ1) is 36.3. The fraction of sp³-hybridized carbons (Fsp3) is 0.389. The molecule has 1 saturated heterocycles. The lowest BCUT2D eigenvalue weighted by molar-refractivity contribution is -0.150. The van der Waals surface area contributed by atoms with Gasteiger partial charge in [0.05, 0.1) is 32.1 Å². The summed E-state index contributed by atoms with van der Waals surface area (Å²) in [7, 11) is 3.25. The molecule has 13 heteroatoms. The van der Waals surface area contributed by atoms with E-state index in [1.54, 1.807) is 39.8 Å². The number of rotatable bonds is 13. The van der Waals surface area contributed by atoms with E-state index in [0.29, 0.717) is 40.1 Å². The van der Waals surface area contributed by atoms with Crippen LogP contribution in [0, 0.1) is 6.92 Å². The molecule has 5 rings (SSSR count). The van der Waals surface area contributed by atoms with Crippen LogP contribution in [0.4, 0.5) is 18.9 Å². The van der Waals surface area contributed by atoms with Crippen LogP contribution < -0.4 is 19.1 Å². The Balaban J connectivity index is 1.30. The number of thiazole rings is 1. The number of thioether (sulfide) groups is 1. The Morgan fingerprint density at radius 3 is 2.29 bits per heavy atom. The number of hydrogen-bond donors (Lipinski definition) is 0. The molecule has 262 valence electrons. The SMILES string of the molecule is CCOC(=O)C(C)Oc1ccc(SCc2sc(-c3ccc(C(F)(F)F)cc3)nc2CN2CCN(c3ccc(OC)c(OC)c3)CC2)cc1C. The minimum atomic E-state index is -4.40. The number of anilines is 1. The highest BCUT2D eigenvalue weighted by Crippen LogP contribution is 2.37. The predicted molar refractivity (Wildman–Crippen MR) is 187 cm³/mol. The van der Waals surface area contributed by atoms with Crippen molar-refractivity contribution in [2.45, 2.75) is 50.2 Å². The molecule has 0 saturated carbocycles. The van der Waals surface area contributed by atoms with E-state index >= 15 is 0 Å². The molecule has 2 heterocycles. The van der Waals surface area contributed by atoms with Crippen molar-refractivity contribution in [3.05, 3.63) is 82.4 Å². The monoisotopic (exact) mass is 715 g/mol. The molecule has 1 aromatic heterocycles. The molecule has 0 aliphatic carbocycles. The maximum Gasteiger partial charge on any atom is 0.416 e. The van der Waals surface area contributed by atoms with Crippen molar-refractivity contribution >= 4 is 34.8 Å². The number of aryl methyl sites for hydroxylation is 1. The van der Waals surface area contributed by atoms with Gasteiger partial charge in [-0.25, -0.2) is 9.78 Å². The van der Waals surface area contributed by atoms with Gasteiger partial charge in [-0.1, -0.05) is 12.1 Å². The van der Waals surface area contributed by atoms with E-state index in [1.165, 1.54) is 23.5 Å². The molecule has 0 amide bonds. The van der Waals surface area contributed by atoms with Gasteiger partial charge < -0.3 is 23.8 Å². The Bertz CT molecular complexity index is 1720. The van der Waals surface area contributed by atoms with Crippen molar-refractivity contribution in [2.75, 3.05) is 51.9 Å². The Morgan fingerprint density at radius 2 is 1.65 bits per heavy atom. The predicted octanol–water partition coefficient (Wildman–Crippen LogP) is 8.10. The highest BCUT2D eigenvalue weighted by Gasteiger charge is 2.30. The van der Waals surface area contributed by atoms with E-state index in [1.807, 2.05) is 43.3 Å². The highest BCUT2D eigenvalue weighted by atomic mass is 32.2. The van der Waals surface area contributed by atoms with Crippen LogP contribution in [0.2, 0.25) is 0 Å². The largest absolute Gasteiger partial charge is 0.493 e. The zero-order chi connectivity index (χ0) is 35.1. The molecule has 4 aromatic rings. The van der Waals surface area contributed by atoms with Crippen molar-refractivity contribution < 1.29 is 36.9 Å². The molecule has 0 N–H and O–H groups in total. The maximum absolute atomic E-state index is 13.2. The molecular weight excluding hydrogens is 676 g/mol. The first-order valence-electron chi connectivity index (χ1n) is 15.9. The summed E-state index contributed by atoms with van der Waals surface area (Å²) in [5, 5.41) is 0.691. The van der Waals surface area contributed by atoms with Gasteiger partial charge in [0, 0.05) is 65.6 Å². The molecule has 1 fully saturated rings. The lowest BCUT2D eigenvalue weighted by Crippen LogP contribution is -2.46. The maximum atomic E-state index is 13.2. The average Bonchev–Trinajstić information content (AvgIpc) is 3.50. The number of carbonyl (C=O) groups excluding carboxylic acids is 1. The number of benzene rings is 3. The van der Waals surface area contributed by atoms with Crippen LogP contribution in [0.1, 0.15) is 35.5 Å². The highest BCUT2D eigenvalue weighted by molar-refractivity contribution is 7.98. The van der Waals surface area contributed by atoms with E-state index in [9.17, 15) is 18.0 Å². The minimum Gasteiger partial charge on any atom is -0.493 e. The summed E-state index contributed by atoms with van der Waals surface area (Å²) in [6, 6.07) is 16.9. The van der Waals surface area contributed by atoms with Crippen LogP contribution >= 0.6 is 23.1 Å². The van der Waals surface area contributed by atoms with Gasteiger partial charge in [0.25, 0.3) is 0 Å². The number of esters is 1. The second-order valence-electron chi connectivity index (χ2n) is 11.5. The van der Waals surface area contributed by atoms with Gasteiger partial charge in [-0.05, 0) is 68.8 Å². The summed E-state index contributed by atoms with van der Waals surface area (Å²) in [6.45, 7) is 9.54. The quantitative estimate of drug-likeness (QED) is 0.101. The van der Waals surface area contributed by atoms with Gasteiger partial charge in [0.1, 0.15) is 10.8 Å². The fourth-order valence-electron chi connectivity index (χ4n) is 5.43. The van der Waals surface area contributed by atoms with Crippen molar-refractivity contribution in [2.24, 2.45) is 0 Å². The van der Waals surface area contributed by atoms with E-state index in [2.05, 4.69) is 9.80 Å². The summed E-state index contributed by atoms with van der Waals surface area (Å²) in [4.78, 5) is 23.8. The molecule has 0 bridgehead atoms. The molecule has 0 radical (unpaired) electrons. The van der Waals surface area contributed by atoms with Crippen LogP contribution in [0.15, 0.2) is 65.6 Å². The first-order chi connectivity index (χ1) is 23.5. The molecule has 8 nitrogen and oxygen atoms in total. The molecule has 1 aliphatic heterocycles. The van der Waals surface area contributed by atoms with Crippen molar-refractivity contribution in [1.82, 2.24) is 9.88 Å². The van der Waals surface area contributed by atoms with Gasteiger partial charge in [-0.3, -0.25) is 4.90 Å². The Hall–Kier alpha value is -3.94. The number of ether oxygens (including phenoxy) is 4. The van der Waals surface area contributed by atoms with Crippen molar-refractivity contribution in [3.8, 4) is 27.8 Å². The molecule has 1 unspecified atom stereocenters. The minimum absolute atomic E-state index is 0.288. The second-order valence-corrected chi connectivity index (χ2v) is 13.6. The number of halogens is 3. The number of carbonyl (C=O) groups is 1. The molecular formula is C36H40F3N3O5S2. The molecule has 3 aromatic carbocycles. The molecule has 0 spiro atoms. The number of hydrogen-bond acceptors (Lipinski definition) is 10. The lowest BCUT2D eigenvalue weighted by atomic mass is 10.1. The molecule has 49 heavy (non-hydrogen) atoms. The fourth-order valence-corrected chi connectivity index (χ4v) is 7.61. The van der Waals surface area contributed by atoms with Gasteiger partial charge in [-0.2, -0.15) is 13.2 Å². The number of methoxy groups -OCH3 is 2. The lowest BCUT2D eigenvalue weighted by Gasteiger charge is -2.36. The van der Waals surface area contributed by atoms with Gasteiger partial charge >= 0.3 is 12.1 Å². The number of piperazine rings is 1. The standard InChI is InChI=1S/C36H40F3N3O5S2/c1-6-46-35(43)24(3)47-30-14-12-28(19-23(30)2)48-22-33-29(40-34(49-33)25-7-9-26(10-8-25)36(37,38)39)21-41-15-17-42(18-16-41)27-11-13-31(44-4)32(20-27)45-5/h7-14,19-20,24H,6,15-18,21-22H2,1-5H3. The van der Waals surface area contributed by atoms with Gasteiger partial charge in [-0.15, -0.1) is 23.1 Å². The Labute approximate surface area is 293 Å². The third kappa shape index (κ3) is 9.20. The molecule has 1 aliphatic rings. The Kier molecular flexibility index (Phi) is 12.0. The number of nitrogens with zero attached hydrogens (tertiary/aromatic N) is 3. The first-order valence-corrected chi connectivity index (χ1v) is 17.7. The van der Waals surface area contributed by atoms with E-state index in [4.69, 9.17) is 23.9 Å². The van der Waals surface area contributed by atoms with Crippen LogP contribution in [0.25, 0.3) is 10.6 Å². The second kappa shape index (κ2) is 16.2. The summed E-state index contributed by atoms with van der Waals surface area (Å²) in [5.41, 5.74) is 2.85. The normalized spacial score (nSPS) is 14.4. The summed E-state index contributed by atoms with van der Waals surface area (Å²) in [6.07, 6.45) is -5.12. The smallest absolute Gasteiger partial charge is 0.416 e. The van der Waals surface area contributed by atoms with Gasteiger partial charge in [0.2, 0.25) is 0 Å². The van der Waals surface area contributed by atoms with Gasteiger partial charge in [0.15, 0.2) is 17.6 Å². The third-order valence-electron chi connectivity index (χ3n) is 8.15. The number of alkyl halides is 3. The average molecular weight is 716 g/mol. The molecule has 1 atom stereocenters. The third-order valence-corrected chi connectivity index (χ3v) is 10.5. The summed E-state index contributed by atoms with van der Waals surface area (Å²) in [5.74, 6) is 2.21. The Morgan fingerprint density at radius 1 is 0.959 bits per heavy atom. The zero-order valence-corrected chi connectivity index (χ0v) is 29.8. The number of aromatic nitrogens is 1. The van der Waals surface area contributed by atoms with Crippen LogP contribution in [0.5, 0.6) is 17.2 Å². The van der Waals surface area contributed by atoms with E-state index in [-0.39, 0.29) is 6.61 Å². The zero-order valence-electron chi connectivity index (χ0n) is 28.1.